The van der Waals surface area contributed by atoms with Gasteiger partial charge in [-0.2, -0.15) is 0 Å². The number of fused-ring (bicyclic) bond motifs is 1. The van der Waals surface area contributed by atoms with E-state index in [1.54, 1.807) is 11.6 Å². The van der Waals surface area contributed by atoms with Crippen molar-refractivity contribution in [3.8, 4) is 0 Å². The highest BCUT2D eigenvalue weighted by atomic mass is 32.2. The minimum Gasteiger partial charge on any atom is -0.477 e. The third-order valence-corrected chi connectivity index (χ3v) is 4.73. The van der Waals surface area contributed by atoms with Gasteiger partial charge in [-0.25, -0.2) is 4.79 Å². The lowest BCUT2D eigenvalue weighted by molar-refractivity contribution is -0.116. The maximum Gasteiger partial charge on any atom is 0.352 e. The van der Waals surface area contributed by atoms with E-state index >= 15 is 0 Å². The van der Waals surface area contributed by atoms with Gasteiger partial charge in [-0.1, -0.05) is 11.8 Å². The first-order valence-electron chi connectivity index (χ1n) is 4.97. The van der Waals surface area contributed by atoms with Gasteiger partial charge >= 0.3 is 5.97 Å². The zero-order valence-electron chi connectivity index (χ0n) is 8.61. The quantitative estimate of drug-likeness (QED) is 0.773. The summed E-state index contributed by atoms with van der Waals surface area (Å²) in [6.07, 6.45) is 1.74. The molecule has 2 N–H and O–H groups in total. The summed E-state index contributed by atoms with van der Waals surface area (Å²) >= 11 is 1.49. The highest BCUT2D eigenvalue weighted by Gasteiger charge is 2.54. The van der Waals surface area contributed by atoms with E-state index in [4.69, 9.17) is 5.11 Å². The van der Waals surface area contributed by atoms with Crippen LogP contribution >= 0.6 is 11.8 Å². The molecule has 0 bridgehead atoms. The monoisotopic (exact) mass is 238 g/mol. The minimum atomic E-state index is -0.975. The van der Waals surface area contributed by atoms with E-state index in [0.29, 0.717) is 5.69 Å². The Morgan fingerprint density at radius 3 is 2.88 bits per heavy atom. The zero-order chi connectivity index (χ0) is 11.5. The van der Waals surface area contributed by atoms with E-state index in [0.717, 1.165) is 17.9 Å². The lowest BCUT2D eigenvalue weighted by atomic mass is 10.3. The molecule has 84 valence electrons. The Bertz CT molecular complexity index is 516. The van der Waals surface area contributed by atoms with Gasteiger partial charge in [0.25, 0.3) is 0 Å². The molecule has 1 aliphatic heterocycles. The second-order valence-corrected chi connectivity index (χ2v) is 5.54. The number of carbonyl (C=O) groups excluding carboxylic acids is 1. The van der Waals surface area contributed by atoms with Crippen LogP contribution in [0.2, 0.25) is 0 Å². The SMILES string of the molecule is Cn1c(C(=O)O)cc2c1SC1(CC1)C(=O)N2. The van der Waals surface area contributed by atoms with E-state index in [-0.39, 0.29) is 16.3 Å². The Balaban J connectivity index is 2.10. The summed E-state index contributed by atoms with van der Waals surface area (Å²) < 4.78 is 1.30. The summed E-state index contributed by atoms with van der Waals surface area (Å²) in [4.78, 5) is 22.7. The molecule has 1 fully saturated rings. The fourth-order valence-electron chi connectivity index (χ4n) is 1.91. The van der Waals surface area contributed by atoms with Crippen LogP contribution in [0.4, 0.5) is 5.69 Å². The number of carboxylic acid groups (broad SMARTS) is 1. The number of hydrogen-bond donors (Lipinski definition) is 2. The molecule has 1 amide bonds. The predicted octanol–water partition coefficient (Wildman–Crippen LogP) is 1.30. The van der Waals surface area contributed by atoms with E-state index in [9.17, 15) is 9.59 Å². The number of aromatic carboxylic acids is 1. The molecule has 6 heteroatoms. The van der Waals surface area contributed by atoms with Gasteiger partial charge in [-0.15, -0.1) is 0 Å². The van der Waals surface area contributed by atoms with Crippen LogP contribution in [-0.2, 0) is 11.8 Å². The highest BCUT2D eigenvalue weighted by molar-refractivity contribution is 8.02. The Morgan fingerprint density at radius 2 is 2.31 bits per heavy atom. The van der Waals surface area contributed by atoms with Crippen LogP contribution in [0, 0.1) is 0 Å². The molecule has 1 saturated carbocycles. The molecule has 0 unspecified atom stereocenters. The number of nitrogens with one attached hydrogen (secondary N) is 1. The molecule has 1 aliphatic carbocycles. The van der Waals surface area contributed by atoms with Crippen molar-refractivity contribution in [2.24, 2.45) is 7.05 Å². The third kappa shape index (κ3) is 1.13. The van der Waals surface area contributed by atoms with Crippen molar-refractivity contribution in [2.45, 2.75) is 22.6 Å². The molecule has 0 saturated heterocycles. The number of carbonyl (C=O) groups is 2. The van der Waals surface area contributed by atoms with Gasteiger partial charge in [0.1, 0.15) is 15.5 Å². The van der Waals surface area contributed by atoms with E-state index in [1.165, 1.54) is 17.8 Å². The number of thioether (sulfide) groups is 1. The van der Waals surface area contributed by atoms with Crippen LogP contribution in [0.1, 0.15) is 23.3 Å². The van der Waals surface area contributed by atoms with Crippen LogP contribution in [-0.4, -0.2) is 26.3 Å². The fraction of sp³-hybridized carbons (Fsp3) is 0.400. The maximum absolute atomic E-state index is 11.7. The van der Waals surface area contributed by atoms with Gasteiger partial charge in [0.15, 0.2) is 0 Å². The number of hydrogen-bond acceptors (Lipinski definition) is 3. The molecule has 1 spiro atoms. The Labute approximate surface area is 95.8 Å². The normalized spacial score (nSPS) is 20.4. The average molecular weight is 238 g/mol. The van der Waals surface area contributed by atoms with E-state index in [2.05, 4.69) is 5.32 Å². The molecule has 5 nitrogen and oxygen atoms in total. The molecule has 2 heterocycles. The number of aromatic nitrogens is 1. The molecule has 0 radical (unpaired) electrons. The van der Waals surface area contributed by atoms with Crippen LogP contribution in [0.25, 0.3) is 0 Å². The lowest BCUT2D eigenvalue weighted by Crippen LogP contribution is -2.30. The molecular formula is C10H10N2O3S. The number of nitrogens with zero attached hydrogens (tertiary/aromatic N) is 1. The molecule has 0 aromatic carbocycles. The average Bonchev–Trinajstić information content (AvgIpc) is 2.92. The lowest BCUT2D eigenvalue weighted by Gasteiger charge is -2.21. The summed E-state index contributed by atoms with van der Waals surface area (Å²) in [5, 5.41) is 12.6. The summed E-state index contributed by atoms with van der Waals surface area (Å²) in [6.45, 7) is 0. The van der Waals surface area contributed by atoms with Crippen molar-refractivity contribution in [2.75, 3.05) is 5.32 Å². The Morgan fingerprint density at radius 1 is 1.62 bits per heavy atom. The van der Waals surface area contributed by atoms with E-state index in [1.807, 2.05) is 0 Å². The van der Waals surface area contributed by atoms with Crippen molar-refractivity contribution >= 4 is 29.3 Å². The summed E-state index contributed by atoms with van der Waals surface area (Å²) in [7, 11) is 1.71. The number of anilines is 1. The van der Waals surface area contributed by atoms with Crippen molar-refractivity contribution in [3.63, 3.8) is 0 Å². The summed E-state index contributed by atoms with van der Waals surface area (Å²) in [6, 6.07) is 1.51. The first-order chi connectivity index (χ1) is 7.53. The molecule has 2 aliphatic rings. The molecule has 3 rings (SSSR count). The fourth-order valence-corrected chi connectivity index (χ4v) is 3.19. The van der Waals surface area contributed by atoms with Crippen molar-refractivity contribution in [1.82, 2.24) is 4.57 Å². The highest BCUT2D eigenvalue weighted by Crippen LogP contribution is 2.56. The van der Waals surface area contributed by atoms with Crippen LogP contribution in [0.5, 0.6) is 0 Å². The number of carboxylic acids is 1. The first-order valence-corrected chi connectivity index (χ1v) is 5.79. The molecule has 16 heavy (non-hydrogen) atoms. The molecule has 0 atom stereocenters. The van der Waals surface area contributed by atoms with Crippen molar-refractivity contribution in [1.29, 1.82) is 0 Å². The minimum absolute atomic E-state index is 0.00698. The third-order valence-electron chi connectivity index (χ3n) is 3.05. The predicted molar refractivity (Wildman–Crippen MR) is 58.8 cm³/mol. The van der Waals surface area contributed by atoms with Gasteiger partial charge in [-0.3, -0.25) is 4.79 Å². The number of amides is 1. The summed E-state index contributed by atoms with van der Waals surface area (Å²) in [5.41, 5.74) is 0.822. The molecule has 1 aromatic heterocycles. The largest absolute Gasteiger partial charge is 0.477 e. The van der Waals surface area contributed by atoms with Gasteiger partial charge in [0.05, 0.1) is 5.69 Å². The molecule has 1 aromatic rings. The van der Waals surface area contributed by atoms with E-state index < -0.39 is 5.97 Å². The van der Waals surface area contributed by atoms with Crippen LogP contribution in [0.3, 0.4) is 0 Å². The second-order valence-electron chi connectivity index (χ2n) is 4.16. The van der Waals surface area contributed by atoms with Crippen molar-refractivity contribution < 1.29 is 14.7 Å². The topological polar surface area (TPSA) is 71.3 Å². The second kappa shape index (κ2) is 2.82. The van der Waals surface area contributed by atoms with Crippen LogP contribution in [0.15, 0.2) is 11.1 Å². The number of rotatable bonds is 1. The molecular weight excluding hydrogens is 228 g/mol. The van der Waals surface area contributed by atoms with Gasteiger partial charge in [0, 0.05) is 7.05 Å². The van der Waals surface area contributed by atoms with Gasteiger partial charge in [0.2, 0.25) is 5.91 Å². The maximum atomic E-state index is 11.7. The van der Waals surface area contributed by atoms with Gasteiger partial charge < -0.3 is 15.0 Å². The van der Waals surface area contributed by atoms with Crippen LogP contribution < -0.4 is 5.32 Å². The first kappa shape index (κ1) is 9.77. The smallest absolute Gasteiger partial charge is 0.352 e. The Kier molecular flexibility index (Phi) is 1.72. The Hall–Kier alpha value is -1.43. The van der Waals surface area contributed by atoms with Crippen molar-refractivity contribution in [3.05, 3.63) is 11.8 Å². The van der Waals surface area contributed by atoms with Gasteiger partial charge in [-0.05, 0) is 18.9 Å². The summed E-state index contributed by atoms with van der Waals surface area (Å²) in [5.74, 6) is -0.968. The zero-order valence-corrected chi connectivity index (χ0v) is 9.43. The standard InChI is InChI=1S/C10H10N2O3S/c1-12-6(8(13)14)4-5-7(12)16-10(2-3-10)9(15)11-5/h4H,2-3H2,1H3,(H,11,15)(H,13,14).